The fraction of sp³-hybridized carbons (Fsp3) is 0.360. The third-order valence-corrected chi connectivity index (χ3v) is 5.66. The second-order valence-corrected chi connectivity index (χ2v) is 7.70. The Hall–Kier alpha value is -3.48. The van der Waals surface area contributed by atoms with Crippen molar-refractivity contribution in [2.24, 2.45) is 0 Å². The maximum Gasteiger partial charge on any atom is 0.273 e. The molecule has 0 radical (unpaired) electrons. The number of benzene rings is 2. The number of nitrogens with zero attached hydrogens (tertiary/aromatic N) is 2. The largest absolute Gasteiger partial charge is 0.507 e. The summed E-state index contributed by atoms with van der Waals surface area (Å²) in [6.07, 6.45) is 1.86. The fourth-order valence-corrected chi connectivity index (χ4v) is 4.22. The number of phenolic OH excluding ortho intramolecular Hbond substituents is 1. The highest BCUT2D eigenvalue weighted by Gasteiger charge is 2.42. The molecule has 7 nitrogen and oxygen atoms in total. The quantitative estimate of drug-likeness (QED) is 0.498. The summed E-state index contributed by atoms with van der Waals surface area (Å²) in [6, 6.07) is 12.5. The van der Waals surface area contributed by atoms with Gasteiger partial charge in [0.25, 0.3) is 5.91 Å². The average Bonchev–Trinajstić information content (AvgIpc) is 3.33. The lowest BCUT2D eigenvalue weighted by molar-refractivity contribution is 0.0741. The first-order chi connectivity index (χ1) is 15.6. The van der Waals surface area contributed by atoms with Crippen molar-refractivity contribution >= 4 is 5.91 Å². The van der Waals surface area contributed by atoms with Gasteiger partial charge >= 0.3 is 0 Å². The summed E-state index contributed by atoms with van der Waals surface area (Å²) in [4.78, 5) is 15.2. The number of carbonyl (C=O) groups is 1. The van der Waals surface area contributed by atoms with E-state index in [0.717, 1.165) is 24.0 Å². The highest BCUT2D eigenvalue weighted by atomic mass is 16.5. The number of ether oxygens (including phenoxy) is 2. The molecule has 0 bridgehead atoms. The van der Waals surface area contributed by atoms with Gasteiger partial charge in [-0.2, -0.15) is 5.10 Å². The number of para-hydroxylation sites is 1. The zero-order chi connectivity index (χ0) is 22.7. The lowest BCUT2D eigenvalue weighted by Gasteiger charge is -2.27. The highest BCUT2D eigenvalue weighted by molar-refractivity contribution is 6.00. The number of aromatic nitrogens is 2. The molecule has 4 rings (SSSR count). The van der Waals surface area contributed by atoms with E-state index in [9.17, 15) is 9.90 Å². The third kappa shape index (κ3) is 3.79. The minimum atomic E-state index is -0.340. The van der Waals surface area contributed by atoms with Crippen molar-refractivity contribution in [2.75, 3.05) is 19.8 Å². The van der Waals surface area contributed by atoms with Crippen LogP contribution in [0.5, 0.6) is 17.2 Å². The van der Waals surface area contributed by atoms with Crippen LogP contribution < -0.4 is 9.47 Å². The summed E-state index contributed by atoms with van der Waals surface area (Å²) in [5.74, 6) is 1.37. The molecule has 2 aromatic carbocycles. The van der Waals surface area contributed by atoms with Gasteiger partial charge in [-0.05, 0) is 50.1 Å². The maximum atomic E-state index is 13.3. The van der Waals surface area contributed by atoms with Gasteiger partial charge in [0.15, 0.2) is 11.5 Å². The summed E-state index contributed by atoms with van der Waals surface area (Å²) in [7, 11) is 0. The molecule has 0 saturated carbocycles. The van der Waals surface area contributed by atoms with Crippen molar-refractivity contribution in [1.82, 2.24) is 15.1 Å². The number of amides is 1. The second kappa shape index (κ2) is 9.34. The van der Waals surface area contributed by atoms with Gasteiger partial charge in [0.1, 0.15) is 17.1 Å². The molecule has 1 aliphatic heterocycles. The number of rotatable bonds is 9. The van der Waals surface area contributed by atoms with E-state index < -0.39 is 0 Å². The molecule has 32 heavy (non-hydrogen) atoms. The molecular weight excluding hydrogens is 406 g/mol. The molecular formula is C25H29N3O4. The number of fused-ring (bicyclic) bond motifs is 1. The first kappa shape index (κ1) is 21.7. The number of carbonyl (C=O) groups excluding carboxylic acids is 1. The summed E-state index contributed by atoms with van der Waals surface area (Å²) in [5, 5.41) is 17.8. The number of aromatic hydroxyl groups is 1. The Labute approximate surface area is 188 Å². The minimum absolute atomic E-state index is 0.0838. The molecule has 168 valence electrons. The van der Waals surface area contributed by atoms with Crippen molar-refractivity contribution in [1.29, 1.82) is 0 Å². The monoisotopic (exact) mass is 435 g/mol. The van der Waals surface area contributed by atoms with E-state index >= 15 is 0 Å². The maximum absolute atomic E-state index is 13.3. The Balaban J connectivity index is 1.86. The topological polar surface area (TPSA) is 87.7 Å². The van der Waals surface area contributed by atoms with Gasteiger partial charge in [-0.3, -0.25) is 9.89 Å². The lowest BCUT2D eigenvalue weighted by Crippen LogP contribution is -2.30. The fourth-order valence-electron chi connectivity index (χ4n) is 4.22. The minimum Gasteiger partial charge on any atom is -0.507 e. The van der Waals surface area contributed by atoms with E-state index in [-0.39, 0.29) is 17.7 Å². The van der Waals surface area contributed by atoms with Crippen molar-refractivity contribution in [3.8, 4) is 28.5 Å². The molecule has 1 aliphatic rings. The highest BCUT2D eigenvalue weighted by Crippen LogP contribution is 2.45. The summed E-state index contributed by atoms with van der Waals surface area (Å²) in [5.41, 5.74) is 3.34. The molecule has 1 aromatic heterocycles. The van der Waals surface area contributed by atoms with Gasteiger partial charge in [-0.1, -0.05) is 31.5 Å². The van der Waals surface area contributed by atoms with Crippen LogP contribution >= 0.6 is 0 Å². The molecule has 0 aliphatic carbocycles. The Morgan fingerprint density at radius 1 is 1.06 bits per heavy atom. The molecule has 7 heteroatoms. The van der Waals surface area contributed by atoms with Crippen molar-refractivity contribution < 1.29 is 19.4 Å². The van der Waals surface area contributed by atoms with E-state index in [1.165, 1.54) is 0 Å². The van der Waals surface area contributed by atoms with Crippen LogP contribution in [0.4, 0.5) is 0 Å². The van der Waals surface area contributed by atoms with Crippen molar-refractivity contribution in [2.45, 2.75) is 39.7 Å². The third-order valence-electron chi connectivity index (χ3n) is 5.66. The van der Waals surface area contributed by atoms with E-state index in [0.29, 0.717) is 48.2 Å². The second-order valence-electron chi connectivity index (χ2n) is 7.70. The Bertz CT molecular complexity index is 1110. The molecule has 0 fully saturated rings. The number of aromatic amines is 1. The first-order valence-corrected chi connectivity index (χ1v) is 11.2. The predicted molar refractivity (Wildman–Crippen MR) is 122 cm³/mol. The Kier molecular flexibility index (Phi) is 6.35. The van der Waals surface area contributed by atoms with Crippen molar-refractivity contribution in [3.05, 3.63) is 59.3 Å². The number of phenols is 1. The van der Waals surface area contributed by atoms with E-state index in [2.05, 4.69) is 17.1 Å². The van der Waals surface area contributed by atoms with Gasteiger partial charge in [0, 0.05) is 17.7 Å². The molecule has 2 N–H and O–H groups in total. The predicted octanol–water partition coefficient (Wildman–Crippen LogP) is 4.93. The van der Waals surface area contributed by atoms with Gasteiger partial charge < -0.3 is 19.5 Å². The number of hydrogen-bond donors (Lipinski definition) is 2. The van der Waals surface area contributed by atoms with Crippen LogP contribution in [-0.2, 0) is 0 Å². The zero-order valence-electron chi connectivity index (χ0n) is 18.7. The molecule has 2 heterocycles. The molecule has 0 saturated heterocycles. The molecule has 3 aromatic rings. The lowest BCUT2D eigenvalue weighted by atomic mass is 9.95. The van der Waals surface area contributed by atoms with Crippen LogP contribution in [0.1, 0.15) is 61.3 Å². The Morgan fingerprint density at radius 3 is 2.53 bits per heavy atom. The van der Waals surface area contributed by atoms with Crippen LogP contribution in [0, 0.1) is 0 Å². The van der Waals surface area contributed by atoms with E-state index in [1.807, 2.05) is 49.1 Å². The molecule has 1 amide bonds. The van der Waals surface area contributed by atoms with Gasteiger partial charge in [-0.15, -0.1) is 0 Å². The van der Waals surface area contributed by atoms with Gasteiger partial charge in [0.05, 0.1) is 19.3 Å². The normalized spacial score (nSPS) is 15.2. The van der Waals surface area contributed by atoms with Crippen LogP contribution in [0.25, 0.3) is 11.3 Å². The molecule has 0 spiro atoms. The standard InChI is InChI=1S/C25H29N3O4/c1-4-7-14-28-24(16-12-13-19(31-5-2)20(15-16)32-6-3)21-22(26-27-23(21)25(28)30)17-10-8-9-11-18(17)29/h8-13,15,24,29H,4-7,14H2,1-3H3,(H,26,27)/t24-/m1/s1. The number of unbranched alkanes of at least 4 members (excludes halogenated alkanes) is 1. The first-order valence-electron chi connectivity index (χ1n) is 11.2. The number of hydrogen-bond acceptors (Lipinski definition) is 5. The van der Waals surface area contributed by atoms with Crippen molar-refractivity contribution in [3.63, 3.8) is 0 Å². The molecule has 1 atom stereocenters. The SMILES string of the molecule is CCCCN1C(=O)c2[nH]nc(-c3ccccc3O)c2[C@H]1c1ccc(OCC)c(OCC)c1. The van der Waals surface area contributed by atoms with Gasteiger partial charge in [-0.25, -0.2) is 0 Å². The van der Waals surface area contributed by atoms with Crippen LogP contribution in [0.15, 0.2) is 42.5 Å². The summed E-state index contributed by atoms with van der Waals surface area (Å²) < 4.78 is 11.6. The average molecular weight is 436 g/mol. The number of nitrogens with one attached hydrogen (secondary N) is 1. The van der Waals surface area contributed by atoms with Crippen LogP contribution in [0.3, 0.4) is 0 Å². The summed E-state index contributed by atoms with van der Waals surface area (Å²) in [6.45, 7) is 7.63. The van der Waals surface area contributed by atoms with Crippen LogP contribution in [0.2, 0.25) is 0 Å². The van der Waals surface area contributed by atoms with E-state index in [1.54, 1.807) is 12.1 Å². The zero-order valence-corrected chi connectivity index (χ0v) is 18.7. The smallest absolute Gasteiger partial charge is 0.273 e. The van der Waals surface area contributed by atoms with Gasteiger partial charge in [0.2, 0.25) is 0 Å². The molecule has 0 unspecified atom stereocenters. The summed E-state index contributed by atoms with van der Waals surface area (Å²) >= 11 is 0. The van der Waals surface area contributed by atoms with E-state index in [4.69, 9.17) is 9.47 Å². The van der Waals surface area contributed by atoms with Crippen LogP contribution in [-0.4, -0.2) is 45.9 Å². The number of H-pyrrole nitrogens is 1. The Morgan fingerprint density at radius 2 is 1.81 bits per heavy atom.